The van der Waals surface area contributed by atoms with E-state index in [9.17, 15) is 0 Å². The largest absolute Gasteiger partial charge is 0.493 e. The Morgan fingerprint density at radius 1 is 0.707 bits per heavy atom. The molecule has 2 saturated carbocycles. The van der Waals surface area contributed by atoms with Crippen LogP contribution in [0.25, 0.3) is 11.1 Å². The summed E-state index contributed by atoms with van der Waals surface area (Å²) in [4.78, 5) is 0. The number of benzene rings is 2. The van der Waals surface area contributed by atoms with E-state index in [0.29, 0.717) is 0 Å². The van der Waals surface area contributed by atoms with Crippen molar-refractivity contribution in [3.63, 3.8) is 0 Å². The summed E-state index contributed by atoms with van der Waals surface area (Å²) in [5.74, 6) is 5.70. The van der Waals surface area contributed by atoms with E-state index in [1.54, 1.807) is 5.56 Å². The van der Waals surface area contributed by atoms with Gasteiger partial charge in [0.25, 0.3) is 0 Å². The summed E-state index contributed by atoms with van der Waals surface area (Å²) in [5, 5.41) is 0. The van der Waals surface area contributed by atoms with E-state index in [-0.39, 0.29) is 0 Å². The van der Waals surface area contributed by atoms with E-state index in [1.807, 2.05) is 0 Å². The molecule has 0 unspecified atom stereocenters. The highest BCUT2D eigenvalue weighted by Gasteiger charge is 2.25. The molecular formula is C40H62O. The summed E-state index contributed by atoms with van der Waals surface area (Å²) in [6, 6.07) is 12.2. The highest BCUT2D eigenvalue weighted by Crippen LogP contribution is 2.41. The molecule has 0 N–H and O–H groups in total. The van der Waals surface area contributed by atoms with Gasteiger partial charge in [-0.05, 0) is 120 Å². The number of aryl methyl sites for hydroxylation is 1. The zero-order chi connectivity index (χ0) is 29.2. The fourth-order valence-electron chi connectivity index (χ4n) is 8.13. The second kappa shape index (κ2) is 16.2. The quantitative estimate of drug-likeness (QED) is 0.224. The molecule has 0 amide bonds. The summed E-state index contributed by atoms with van der Waals surface area (Å²) in [6.45, 7) is 14.8. The average molecular weight is 559 g/mol. The molecular weight excluding hydrogens is 496 g/mol. The van der Waals surface area contributed by atoms with Crippen LogP contribution in [0.15, 0.2) is 30.3 Å². The van der Waals surface area contributed by atoms with Gasteiger partial charge in [0.2, 0.25) is 0 Å². The Morgan fingerprint density at radius 3 is 1.83 bits per heavy atom. The lowest BCUT2D eigenvalue weighted by atomic mass is 9.74. The first-order chi connectivity index (χ1) is 20.0. The maximum Gasteiger partial charge on any atom is 0.125 e. The molecule has 0 heterocycles. The predicted molar refractivity (Wildman–Crippen MR) is 179 cm³/mol. The SMILES string of the molecule is CCc1cc(-c2ccc(C3CCC(CCC4CCC(C)CC4)CC3)cc2)c(CC)c(CC)c1OCCC(CC)CC. The topological polar surface area (TPSA) is 9.23 Å². The number of ether oxygens (including phenoxy) is 1. The molecule has 2 fully saturated rings. The van der Waals surface area contributed by atoms with Crippen LogP contribution in [0, 0.1) is 23.7 Å². The lowest BCUT2D eigenvalue weighted by molar-refractivity contribution is 0.237. The molecule has 2 aromatic rings. The van der Waals surface area contributed by atoms with Crippen molar-refractivity contribution in [3.05, 3.63) is 52.6 Å². The van der Waals surface area contributed by atoms with Crippen LogP contribution in [0.2, 0.25) is 0 Å². The van der Waals surface area contributed by atoms with Gasteiger partial charge in [-0.1, -0.05) is 117 Å². The Hall–Kier alpha value is -1.76. The van der Waals surface area contributed by atoms with Gasteiger partial charge in [0.15, 0.2) is 0 Å². The predicted octanol–water partition coefficient (Wildman–Crippen LogP) is 12.1. The molecule has 0 bridgehead atoms. The Kier molecular flexibility index (Phi) is 12.7. The maximum atomic E-state index is 6.58. The highest BCUT2D eigenvalue weighted by atomic mass is 16.5. The van der Waals surface area contributed by atoms with Gasteiger partial charge in [-0.3, -0.25) is 0 Å². The molecule has 0 saturated heterocycles. The van der Waals surface area contributed by atoms with Crippen LogP contribution >= 0.6 is 0 Å². The van der Waals surface area contributed by atoms with Gasteiger partial charge in [0.1, 0.15) is 5.75 Å². The molecule has 2 aliphatic carbocycles. The summed E-state index contributed by atoms with van der Waals surface area (Å²) in [6.07, 6.45) is 21.3. The Bertz CT molecular complexity index is 1030. The normalized spacial score (nSPS) is 23.2. The second-order valence-electron chi connectivity index (χ2n) is 13.8. The molecule has 0 spiro atoms. The monoisotopic (exact) mass is 558 g/mol. The molecule has 4 rings (SSSR count). The summed E-state index contributed by atoms with van der Waals surface area (Å²) in [7, 11) is 0. The molecule has 2 aromatic carbocycles. The average Bonchev–Trinajstić information content (AvgIpc) is 3.02. The van der Waals surface area contributed by atoms with E-state index in [2.05, 4.69) is 71.9 Å². The summed E-state index contributed by atoms with van der Waals surface area (Å²) >= 11 is 0. The molecule has 1 nitrogen and oxygen atoms in total. The van der Waals surface area contributed by atoms with Crippen molar-refractivity contribution in [2.24, 2.45) is 23.7 Å². The van der Waals surface area contributed by atoms with E-state index >= 15 is 0 Å². The van der Waals surface area contributed by atoms with Crippen molar-refractivity contribution < 1.29 is 4.74 Å². The van der Waals surface area contributed by atoms with E-state index in [0.717, 1.165) is 61.9 Å². The fourth-order valence-corrected chi connectivity index (χ4v) is 8.13. The molecule has 0 aromatic heterocycles. The van der Waals surface area contributed by atoms with E-state index in [4.69, 9.17) is 4.74 Å². The van der Waals surface area contributed by atoms with Crippen molar-refractivity contribution in [2.75, 3.05) is 6.61 Å². The fraction of sp³-hybridized carbons (Fsp3) is 0.700. The molecule has 1 heteroatoms. The lowest BCUT2D eigenvalue weighted by Crippen LogP contribution is -2.17. The van der Waals surface area contributed by atoms with E-state index < -0.39 is 0 Å². The van der Waals surface area contributed by atoms with Crippen molar-refractivity contribution in [1.82, 2.24) is 0 Å². The molecule has 0 aliphatic heterocycles. The molecule has 41 heavy (non-hydrogen) atoms. The zero-order valence-corrected chi connectivity index (χ0v) is 27.7. The second-order valence-corrected chi connectivity index (χ2v) is 13.8. The number of hydrogen-bond donors (Lipinski definition) is 0. The highest BCUT2D eigenvalue weighted by molar-refractivity contribution is 5.73. The van der Waals surface area contributed by atoms with Crippen LogP contribution in [0.4, 0.5) is 0 Å². The maximum absolute atomic E-state index is 6.58. The van der Waals surface area contributed by atoms with Gasteiger partial charge < -0.3 is 4.74 Å². The third-order valence-corrected chi connectivity index (χ3v) is 11.2. The van der Waals surface area contributed by atoms with Crippen molar-refractivity contribution in [3.8, 4) is 16.9 Å². The first-order valence-electron chi connectivity index (χ1n) is 17.9. The van der Waals surface area contributed by atoms with Gasteiger partial charge in [-0.2, -0.15) is 0 Å². The van der Waals surface area contributed by atoms with Crippen LogP contribution < -0.4 is 4.74 Å². The Morgan fingerprint density at radius 2 is 1.29 bits per heavy atom. The standard InChI is InChI=1S/C40H62O/c1-7-30(8-2)26-27-41-40-33(9-3)28-39(37(10-4)38(40)11-5)36-24-22-35(23-25-36)34-20-18-32(19-21-34)17-16-31-14-12-29(6)13-15-31/h22-25,28-32,34H,7-21,26-27H2,1-6H3. The minimum atomic E-state index is 0.754. The van der Waals surface area contributed by atoms with Gasteiger partial charge >= 0.3 is 0 Å². The van der Waals surface area contributed by atoms with Crippen LogP contribution in [0.1, 0.15) is 153 Å². The molecule has 2 aliphatic rings. The summed E-state index contributed by atoms with van der Waals surface area (Å²) < 4.78 is 6.58. The Labute approximate surface area is 254 Å². The van der Waals surface area contributed by atoms with Crippen molar-refractivity contribution in [2.45, 2.75) is 150 Å². The first kappa shape index (κ1) is 32.2. The molecule has 0 atom stereocenters. The van der Waals surface area contributed by atoms with Gasteiger partial charge in [0, 0.05) is 0 Å². The van der Waals surface area contributed by atoms with Gasteiger partial charge in [-0.25, -0.2) is 0 Å². The molecule has 0 radical (unpaired) electrons. The van der Waals surface area contributed by atoms with Gasteiger partial charge in [-0.15, -0.1) is 0 Å². The third kappa shape index (κ3) is 8.42. The lowest BCUT2D eigenvalue weighted by Gasteiger charge is -2.31. The molecule has 228 valence electrons. The van der Waals surface area contributed by atoms with Crippen LogP contribution in [-0.4, -0.2) is 6.61 Å². The third-order valence-electron chi connectivity index (χ3n) is 11.2. The minimum absolute atomic E-state index is 0.754. The van der Waals surface area contributed by atoms with Crippen molar-refractivity contribution in [1.29, 1.82) is 0 Å². The van der Waals surface area contributed by atoms with Crippen LogP contribution in [-0.2, 0) is 19.3 Å². The van der Waals surface area contributed by atoms with Gasteiger partial charge in [0.05, 0.1) is 6.61 Å². The first-order valence-corrected chi connectivity index (χ1v) is 17.9. The van der Waals surface area contributed by atoms with Crippen LogP contribution in [0.5, 0.6) is 5.75 Å². The smallest absolute Gasteiger partial charge is 0.125 e. The number of hydrogen-bond acceptors (Lipinski definition) is 1. The summed E-state index contributed by atoms with van der Waals surface area (Å²) in [5.41, 5.74) is 8.69. The minimum Gasteiger partial charge on any atom is -0.493 e. The Balaban J connectivity index is 1.40. The van der Waals surface area contributed by atoms with Crippen LogP contribution in [0.3, 0.4) is 0 Å². The number of rotatable bonds is 14. The zero-order valence-electron chi connectivity index (χ0n) is 27.7. The van der Waals surface area contributed by atoms with E-state index in [1.165, 1.54) is 111 Å². The van der Waals surface area contributed by atoms with Crippen molar-refractivity contribution >= 4 is 0 Å².